The number of fused-ring (bicyclic) bond motifs is 4. The van der Waals surface area contributed by atoms with Gasteiger partial charge in [0.2, 0.25) is 5.91 Å². The van der Waals surface area contributed by atoms with Gasteiger partial charge in [0.1, 0.15) is 0 Å². The summed E-state index contributed by atoms with van der Waals surface area (Å²) in [6.45, 7) is 1.74. The van der Waals surface area contributed by atoms with Crippen molar-refractivity contribution in [1.82, 2.24) is 25.5 Å². The van der Waals surface area contributed by atoms with Gasteiger partial charge in [0.15, 0.2) is 17.5 Å². The second kappa shape index (κ2) is 11.5. The number of carbonyl (C=O) groups excluding carboxylic acids is 1. The Hall–Kier alpha value is -4.68. The van der Waals surface area contributed by atoms with Crippen LogP contribution in [0.3, 0.4) is 0 Å². The van der Waals surface area contributed by atoms with Gasteiger partial charge in [-0.15, -0.1) is 5.53 Å². The average molecular weight is 608 g/mol. The molecule has 2 bridgehead atoms. The van der Waals surface area contributed by atoms with E-state index in [-0.39, 0.29) is 39.0 Å². The van der Waals surface area contributed by atoms with Gasteiger partial charge >= 0.3 is 0 Å². The van der Waals surface area contributed by atoms with Crippen molar-refractivity contribution in [2.24, 2.45) is 5.92 Å². The second-order valence-electron chi connectivity index (χ2n) is 10.3. The number of nitrogens with zero attached hydrogens (tertiary/aromatic N) is 4. The SMILES string of the molecule is C[C@@H]1CCC[C@H](n2cnc(-c3c(N4C=CNN4)ccc(Cl)c3F)cc2=O)c2cc(ccn2)-c2c(ccc(F)c2F)NC1=O. The molecule has 4 aromatic rings. The molecule has 0 radical (unpaired) electrons. The zero-order valence-electron chi connectivity index (χ0n) is 22.7. The first-order valence-electron chi connectivity index (χ1n) is 13.5. The van der Waals surface area contributed by atoms with Gasteiger partial charge in [0.25, 0.3) is 5.56 Å². The molecule has 2 aromatic heterocycles. The third kappa shape index (κ3) is 5.35. The minimum atomic E-state index is -1.11. The number of pyridine rings is 1. The Bertz CT molecular complexity index is 1830. The maximum atomic E-state index is 15.4. The van der Waals surface area contributed by atoms with E-state index in [9.17, 15) is 14.0 Å². The van der Waals surface area contributed by atoms with Crippen molar-refractivity contribution in [3.63, 3.8) is 0 Å². The molecule has 3 N–H and O–H groups in total. The van der Waals surface area contributed by atoms with Gasteiger partial charge in [0, 0.05) is 36.1 Å². The number of aromatic nitrogens is 3. The zero-order valence-corrected chi connectivity index (χ0v) is 23.5. The highest BCUT2D eigenvalue weighted by molar-refractivity contribution is 6.31. The summed E-state index contributed by atoms with van der Waals surface area (Å²) < 4.78 is 46.2. The Balaban J connectivity index is 1.46. The van der Waals surface area contributed by atoms with Crippen molar-refractivity contribution in [3.05, 3.63) is 106 Å². The fraction of sp³-hybridized carbons (Fsp3) is 0.200. The lowest BCUT2D eigenvalue weighted by atomic mass is 9.95. The summed E-state index contributed by atoms with van der Waals surface area (Å²) in [5.74, 6) is -3.71. The van der Waals surface area contributed by atoms with E-state index in [0.717, 1.165) is 6.07 Å². The number of hydrazine groups is 2. The molecule has 0 saturated heterocycles. The number of rotatable bonds is 3. The van der Waals surface area contributed by atoms with Crippen molar-refractivity contribution in [3.8, 4) is 22.4 Å². The van der Waals surface area contributed by atoms with E-state index >= 15 is 8.78 Å². The number of hydrogen-bond donors (Lipinski definition) is 3. The van der Waals surface area contributed by atoms with Crippen LogP contribution in [0.25, 0.3) is 22.4 Å². The van der Waals surface area contributed by atoms with E-state index in [2.05, 4.69) is 26.2 Å². The summed E-state index contributed by atoms with van der Waals surface area (Å²) in [6, 6.07) is 8.90. The number of anilines is 2. The minimum absolute atomic E-state index is 0.0189. The molecule has 1 amide bonds. The molecular formula is C30H25ClF3N7O2. The molecule has 13 heteroatoms. The molecule has 6 rings (SSSR count). The predicted octanol–water partition coefficient (Wildman–Crippen LogP) is 5.69. The lowest BCUT2D eigenvalue weighted by Crippen LogP contribution is -2.35. The molecule has 0 spiro atoms. The first kappa shape index (κ1) is 28.4. The maximum Gasteiger partial charge on any atom is 0.254 e. The molecule has 9 nitrogen and oxygen atoms in total. The smallest absolute Gasteiger partial charge is 0.254 e. The van der Waals surface area contributed by atoms with Crippen LogP contribution in [0.1, 0.15) is 37.9 Å². The highest BCUT2D eigenvalue weighted by Gasteiger charge is 2.26. The van der Waals surface area contributed by atoms with Crippen molar-refractivity contribution in [2.75, 3.05) is 10.3 Å². The molecule has 0 fully saturated rings. The number of nitrogens with one attached hydrogen (secondary N) is 3. The third-order valence-electron chi connectivity index (χ3n) is 7.58. The normalized spacial score (nSPS) is 18.3. The molecule has 2 aromatic carbocycles. The van der Waals surface area contributed by atoms with Gasteiger partial charge in [-0.3, -0.25) is 24.1 Å². The first-order valence-corrected chi connectivity index (χ1v) is 13.9. The summed E-state index contributed by atoms with van der Waals surface area (Å²) in [5, 5.41) is 4.10. The lowest BCUT2D eigenvalue weighted by molar-refractivity contribution is -0.119. The molecule has 2 aliphatic rings. The Morgan fingerprint density at radius 2 is 1.81 bits per heavy atom. The van der Waals surface area contributed by atoms with Crippen molar-refractivity contribution >= 4 is 28.9 Å². The van der Waals surface area contributed by atoms with Crippen LogP contribution >= 0.6 is 11.6 Å². The molecule has 4 heterocycles. The van der Waals surface area contributed by atoms with Crippen LogP contribution in [-0.4, -0.2) is 20.4 Å². The van der Waals surface area contributed by atoms with Gasteiger partial charge in [-0.2, -0.15) is 0 Å². The summed E-state index contributed by atoms with van der Waals surface area (Å²) in [4.78, 5) is 35.5. The van der Waals surface area contributed by atoms with Crippen LogP contribution in [-0.2, 0) is 4.79 Å². The van der Waals surface area contributed by atoms with Gasteiger partial charge in [0.05, 0.1) is 45.7 Å². The number of amides is 1. The summed E-state index contributed by atoms with van der Waals surface area (Å²) >= 11 is 6.09. The third-order valence-corrected chi connectivity index (χ3v) is 7.87. The van der Waals surface area contributed by atoms with Crippen molar-refractivity contribution in [2.45, 2.75) is 32.2 Å². The van der Waals surface area contributed by atoms with Crippen molar-refractivity contribution < 1.29 is 18.0 Å². The van der Waals surface area contributed by atoms with Crippen LogP contribution in [0.15, 0.2) is 72.2 Å². The van der Waals surface area contributed by atoms with Gasteiger partial charge in [-0.05, 0) is 54.8 Å². The first-order chi connectivity index (χ1) is 20.7. The largest absolute Gasteiger partial charge is 0.325 e. The Morgan fingerprint density at radius 3 is 2.58 bits per heavy atom. The lowest BCUT2D eigenvalue weighted by Gasteiger charge is -2.23. The van der Waals surface area contributed by atoms with E-state index < -0.39 is 35.0 Å². The fourth-order valence-electron chi connectivity index (χ4n) is 5.32. The number of hydrogen-bond acceptors (Lipinski definition) is 7. The number of benzene rings is 2. The summed E-state index contributed by atoms with van der Waals surface area (Å²) in [5.41, 5.74) is 6.26. The second-order valence-corrected chi connectivity index (χ2v) is 10.7. The number of carbonyl (C=O) groups is 1. The summed E-state index contributed by atoms with van der Waals surface area (Å²) in [6.07, 6.45) is 7.37. The summed E-state index contributed by atoms with van der Waals surface area (Å²) in [7, 11) is 0. The topological polar surface area (TPSA) is 104 Å². The Kier molecular flexibility index (Phi) is 7.63. The maximum absolute atomic E-state index is 15.4. The number of halogens is 4. The highest BCUT2D eigenvalue weighted by atomic mass is 35.5. The van der Waals surface area contributed by atoms with E-state index in [1.54, 1.807) is 31.5 Å². The quantitative estimate of drug-likeness (QED) is 0.275. The van der Waals surface area contributed by atoms with Crippen LogP contribution < -0.4 is 26.8 Å². The molecular weight excluding hydrogens is 583 g/mol. The molecule has 0 saturated carbocycles. The van der Waals surface area contributed by atoms with Gasteiger partial charge in [-0.25, -0.2) is 18.2 Å². The Labute approximate surface area is 249 Å². The van der Waals surface area contributed by atoms with Gasteiger partial charge in [-0.1, -0.05) is 24.9 Å². The molecule has 2 aliphatic heterocycles. The molecule has 0 unspecified atom stereocenters. The van der Waals surface area contributed by atoms with E-state index in [0.29, 0.717) is 30.6 Å². The monoisotopic (exact) mass is 607 g/mol. The van der Waals surface area contributed by atoms with Crippen LogP contribution in [0.5, 0.6) is 0 Å². The van der Waals surface area contributed by atoms with Crippen molar-refractivity contribution in [1.29, 1.82) is 0 Å². The van der Waals surface area contributed by atoms with E-state index in [1.807, 2.05) is 0 Å². The molecule has 0 aliphatic carbocycles. The van der Waals surface area contributed by atoms with E-state index in [1.165, 1.54) is 46.4 Å². The van der Waals surface area contributed by atoms with Gasteiger partial charge < -0.3 is 10.7 Å². The predicted molar refractivity (Wildman–Crippen MR) is 156 cm³/mol. The fourth-order valence-corrected chi connectivity index (χ4v) is 5.48. The van der Waals surface area contributed by atoms with Crippen LogP contribution in [0.2, 0.25) is 5.02 Å². The standard InChI is InChI=1S/C30H25ClF3N7O2/c1-16-3-2-4-23(21-13-17(9-10-35-21)26-20(38-30(16)43)7-6-19(32)29(26)34)40-15-36-22(14-25(40)42)27-24(41-12-11-37-39-41)8-5-18(31)28(27)33/h5-16,23,37,39H,2-4H2,1H3,(H,38,43)/t16-,23+/m1/s1. The molecule has 220 valence electrons. The van der Waals surface area contributed by atoms with Crippen LogP contribution in [0.4, 0.5) is 24.5 Å². The van der Waals surface area contributed by atoms with E-state index in [4.69, 9.17) is 11.6 Å². The minimum Gasteiger partial charge on any atom is -0.325 e. The zero-order chi connectivity index (χ0) is 30.2. The average Bonchev–Trinajstić information content (AvgIpc) is 3.53. The molecule has 43 heavy (non-hydrogen) atoms. The van der Waals surface area contributed by atoms with Crippen LogP contribution in [0, 0.1) is 23.4 Å². The Morgan fingerprint density at radius 1 is 0.977 bits per heavy atom. The molecule has 2 atom stereocenters. The highest BCUT2D eigenvalue weighted by Crippen LogP contribution is 2.37.